The molecule has 0 atom stereocenters. The molecule has 30 heavy (non-hydrogen) atoms. The van der Waals surface area contributed by atoms with Gasteiger partial charge < -0.3 is 10.1 Å². The van der Waals surface area contributed by atoms with Crippen molar-refractivity contribution in [2.45, 2.75) is 51.6 Å². The number of benzene rings is 1. The Morgan fingerprint density at radius 3 is 2.57 bits per heavy atom. The summed E-state index contributed by atoms with van der Waals surface area (Å²) in [5, 5.41) is 7.86. The highest BCUT2D eigenvalue weighted by atomic mass is 16.5. The fourth-order valence-electron chi connectivity index (χ4n) is 4.00. The van der Waals surface area contributed by atoms with Gasteiger partial charge >= 0.3 is 0 Å². The molecule has 1 aromatic carbocycles. The quantitative estimate of drug-likeness (QED) is 0.607. The van der Waals surface area contributed by atoms with Crippen LogP contribution >= 0.6 is 0 Å². The summed E-state index contributed by atoms with van der Waals surface area (Å²) >= 11 is 0. The number of aromatic nitrogens is 3. The van der Waals surface area contributed by atoms with Crippen molar-refractivity contribution in [3.63, 3.8) is 0 Å². The van der Waals surface area contributed by atoms with Crippen molar-refractivity contribution >= 4 is 5.91 Å². The monoisotopic (exact) mass is 404 g/mol. The van der Waals surface area contributed by atoms with Gasteiger partial charge in [0.05, 0.1) is 37.0 Å². The Hall–Kier alpha value is -3.15. The molecule has 156 valence electrons. The maximum Gasteiger partial charge on any atom is 0.224 e. The summed E-state index contributed by atoms with van der Waals surface area (Å²) in [6, 6.07) is 14.2. The van der Waals surface area contributed by atoms with Crippen LogP contribution in [0.1, 0.15) is 49.9 Å². The Bertz CT molecular complexity index is 961. The number of carbonyl (C=O) groups is 1. The lowest BCUT2D eigenvalue weighted by atomic mass is 10.1. The Morgan fingerprint density at radius 1 is 1.13 bits per heavy atom. The summed E-state index contributed by atoms with van der Waals surface area (Å²) in [6.07, 6.45) is 8.75. The van der Waals surface area contributed by atoms with E-state index in [0.717, 1.165) is 41.1 Å². The van der Waals surface area contributed by atoms with Crippen LogP contribution in [0.25, 0.3) is 11.3 Å². The molecule has 2 heterocycles. The van der Waals surface area contributed by atoms with Crippen LogP contribution in [-0.2, 0) is 17.8 Å². The van der Waals surface area contributed by atoms with Gasteiger partial charge in [-0.1, -0.05) is 25.0 Å². The van der Waals surface area contributed by atoms with Gasteiger partial charge in [0.15, 0.2) is 0 Å². The second-order valence-corrected chi connectivity index (χ2v) is 7.67. The molecule has 6 heteroatoms. The number of rotatable bonds is 8. The Kier molecular flexibility index (Phi) is 6.42. The lowest BCUT2D eigenvalue weighted by Gasteiger charge is -2.14. The summed E-state index contributed by atoms with van der Waals surface area (Å²) in [6.45, 7) is 3.01. The molecule has 1 fully saturated rings. The standard InChI is InChI=1S/C24H28N4O2/c1-2-30-22-9-7-18(8-10-22)15-24(29)26-17-20-16-23(19-11-13-25-14-12-19)28(27-20)21-5-3-4-6-21/h7-14,16,21H,2-6,15,17H2,1H3,(H,26,29). The van der Waals surface area contributed by atoms with E-state index in [9.17, 15) is 4.79 Å². The molecule has 0 aliphatic heterocycles. The second kappa shape index (κ2) is 9.57. The molecule has 1 amide bonds. The molecule has 1 saturated carbocycles. The Balaban J connectivity index is 1.42. The molecule has 0 radical (unpaired) electrons. The molecule has 0 saturated heterocycles. The van der Waals surface area contributed by atoms with Crippen molar-refractivity contribution in [3.8, 4) is 17.0 Å². The molecule has 0 unspecified atom stereocenters. The van der Waals surface area contributed by atoms with Crippen molar-refractivity contribution in [3.05, 3.63) is 66.1 Å². The van der Waals surface area contributed by atoms with Crippen LogP contribution in [0.15, 0.2) is 54.9 Å². The van der Waals surface area contributed by atoms with Crippen molar-refractivity contribution in [2.75, 3.05) is 6.61 Å². The molecular weight excluding hydrogens is 376 g/mol. The number of ether oxygens (including phenoxy) is 1. The molecule has 0 spiro atoms. The van der Waals surface area contributed by atoms with E-state index in [1.807, 2.05) is 43.3 Å². The third kappa shape index (κ3) is 4.87. The lowest BCUT2D eigenvalue weighted by molar-refractivity contribution is -0.120. The number of nitrogens with one attached hydrogen (secondary N) is 1. The van der Waals surface area contributed by atoms with Crippen molar-refractivity contribution < 1.29 is 9.53 Å². The molecule has 1 aliphatic carbocycles. The zero-order chi connectivity index (χ0) is 20.8. The molecule has 1 N–H and O–H groups in total. The van der Waals surface area contributed by atoms with E-state index < -0.39 is 0 Å². The average Bonchev–Trinajstić information content (AvgIpc) is 3.44. The first-order valence-electron chi connectivity index (χ1n) is 10.7. The second-order valence-electron chi connectivity index (χ2n) is 7.67. The Morgan fingerprint density at radius 2 is 1.87 bits per heavy atom. The van der Waals surface area contributed by atoms with E-state index in [2.05, 4.69) is 21.0 Å². The minimum atomic E-state index is -0.0139. The molecule has 1 aliphatic rings. The fraction of sp³-hybridized carbons (Fsp3) is 0.375. The van der Waals surface area contributed by atoms with Crippen LogP contribution in [0.4, 0.5) is 0 Å². The average molecular weight is 405 g/mol. The largest absolute Gasteiger partial charge is 0.494 e. The van der Waals surface area contributed by atoms with E-state index in [4.69, 9.17) is 9.84 Å². The predicted molar refractivity (Wildman–Crippen MR) is 116 cm³/mol. The van der Waals surface area contributed by atoms with E-state index in [0.29, 0.717) is 25.6 Å². The molecule has 2 aromatic heterocycles. The van der Waals surface area contributed by atoms with Gasteiger partial charge in [0.25, 0.3) is 0 Å². The van der Waals surface area contributed by atoms with Crippen LogP contribution in [0, 0.1) is 0 Å². The lowest BCUT2D eigenvalue weighted by Crippen LogP contribution is -2.24. The van der Waals surface area contributed by atoms with Gasteiger partial charge in [0, 0.05) is 18.0 Å². The number of hydrogen-bond acceptors (Lipinski definition) is 4. The third-order valence-corrected chi connectivity index (χ3v) is 5.50. The highest BCUT2D eigenvalue weighted by Gasteiger charge is 2.22. The topological polar surface area (TPSA) is 69.0 Å². The first-order valence-corrected chi connectivity index (χ1v) is 10.7. The van der Waals surface area contributed by atoms with Crippen LogP contribution in [0.2, 0.25) is 0 Å². The predicted octanol–water partition coefficient (Wildman–Crippen LogP) is 4.32. The van der Waals surface area contributed by atoms with E-state index >= 15 is 0 Å². The van der Waals surface area contributed by atoms with Gasteiger partial charge in [-0.15, -0.1) is 0 Å². The molecular formula is C24H28N4O2. The summed E-state index contributed by atoms with van der Waals surface area (Å²) in [5.41, 5.74) is 4.05. The van der Waals surface area contributed by atoms with Gasteiger partial charge in [0.1, 0.15) is 5.75 Å². The minimum Gasteiger partial charge on any atom is -0.494 e. The van der Waals surface area contributed by atoms with E-state index in [1.165, 1.54) is 12.8 Å². The summed E-state index contributed by atoms with van der Waals surface area (Å²) in [4.78, 5) is 16.6. The van der Waals surface area contributed by atoms with Gasteiger partial charge in [0.2, 0.25) is 5.91 Å². The molecule has 6 nitrogen and oxygen atoms in total. The van der Waals surface area contributed by atoms with E-state index in [-0.39, 0.29) is 5.91 Å². The third-order valence-electron chi connectivity index (χ3n) is 5.50. The number of hydrogen-bond donors (Lipinski definition) is 1. The first kappa shape index (κ1) is 20.1. The summed E-state index contributed by atoms with van der Waals surface area (Å²) < 4.78 is 7.60. The molecule has 0 bridgehead atoms. The number of pyridine rings is 1. The van der Waals surface area contributed by atoms with Crippen LogP contribution in [0.3, 0.4) is 0 Å². The minimum absolute atomic E-state index is 0.0139. The van der Waals surface area contributed by atoms with Crippen molar-refractivity contribution in [1.82, 2.24) is 20.1 Å². The highest BCUT2D eigenvalue weighted by molar-refractivity contribution is 5.78. The van der Waals surface area contributed by atoms with Gasteiger partial charge in [-0.25, -0.2) is 0 Å². The summed E-state index contributed by atoms with van der Waals surface area (Å²) in [5.74, 6) is 0.808. The van der Waals surface area contributed by atoms with Crippen LogP contribution < -0.4 is 10.1 Å². The van der Waals surface area contributed by atoms with Gasteiger partial charge in [-0.3, -0.25) is 14.5 Å². The van der Waals surface area contributed by atoms with E-state index in [1.54, 1.807) is 12.4 Å². The smallest absolute Gasteiger partial charge is 0.224 e. The summed E-state index contributed by atoms with van der Waals surface area (Å²) in [7, 11) is 0. The first-order chi connectivity index (χ1) is 14.7. The van der Waals surface area contributed by atoms with Crippen LogP contribution in [-0.4, -0.2) is 27.3 Å². The fourth-order valence-corrected chi connectivity index (χ4v) is 4.00. The number of amides is 1. The van der Waals surface area contributed by atoms with Gasteiger partial charge in [-0.2, -0.15) is 5.10 Å². The number of nitrogens with zero attached hydrogens (tertiary/aromatic N) is 3. The van der Waals surface area contributed by atoms with Crippen LogP contribution in [0.5, 0.6) is 5.75 Å². The normalized spacial score (nSPS) is 14.0. The SMILES string of the molecule is CCOc1ccc(CC(=O)NCc2cc(-c3ccncc3)n(C3CCCC3)n2)cc1. The maximum atomic E-state index is 12.4. The highest BCUT2D eigenvalue weighted by Crippen LogP contribution is 2.33. The van der Waals surface area contributed by atoms with Crippen molar-refractivity contribution in [1.29, 1.82) is 0 Å². The van der Waals surface area contributed by atoms with Gasteiger partial charge in [-0.05, 0) is 55.7 Å². The zero-order valence-electron chi connectivity index (χ0n) is 17.4. The van der Waals surface area contributed by atoms with Crippen molar-refractivity contribution in [2.24, 2.45) is 0 Å². The maximum absolute atomic E-state index is 12.4. The zero-order valence-corrected chi connectivity index (χ0v) is 17.4. The Labute approximate surface area is 177 Å². The number of carbonyl (C=O) groups excluding carboxylic acids is 1. The molecule has 4 rings (SSSR count). The molecule has 3 aromatic rings.